The van der Waals surface area contributed by atoms with E-state index in [1.165, 1.54) is 30.4 Å². The van der Waals surface area contributed by atoms with E-state index in [1.807, 2.05) is 0 Å². The number of piperidine rings is 1. The zero-order chi connectivity index (χ0) is 11.4. The van der Waals surface area contributed by atoms with Crippen LogP contribution >= 0.6 is 23.7 Å². The lowest BCUT2D eigenvalue weighted by atomic mass is 9.93. The van der Waals surface area contributed by atoms with Crippen LogP contribution in [0.2, 0.25) is 0 Å². The lowest BCUT2D eigenvalue weighted by Gasteiger charge is -2.21. The quantitative estimate of drug-likeness (QED) is 0.885. The predicted octanol–water partition coefficient (Wildman–Crippen LogP) is 2.20. The minimum atomic E-state index is -0.870. The number of carboxylic acids is 1. The van der Waals surface area contributed by atoms with Gasteiger partial charge in [0.05, 0.1) is 11.2 Å². The van der Waals surface area contributed by atoms with Crippen molar-refractivity contribution >= 4 is 29.7 Å². The number of nitrogens with one attached hydrogen (secondary N) is 1. The van der Waals surface area contributed by atoms with Crippen LogP contribution in [0, 0.1) is 5.92 Å². The zero-order valence-electron chi connectivity index (χ0n) is 9.52. The molecule has 1 aromatic rings. The SMILES string of the molecule is Cl.O=C(O)c1cnc(CCC2CCNCC2)s1. The normalized spacial score (nSPS) is 16.5. The molecule has 2 heterocycles. The van der Waals surface area contributed by atoms with Gasteiger partial charge >= 0.3 is 5.97 Å². The van der Waals surface area contributed by atoms with Crippen molar-refractivity contribution in [3.05, 3.63) is 16.1 Å². The smallest absolute Gasteiger partial charge is 0.347 e. The van der Waals surface area contributed by atoms with Crippen molar-refractivity contribution in [3.63, 3.8) is 0 Å². The molecule has 2 rings (SSSR count). The topological polar surface area (TPSA) is 62.2 Å². The van der Waals surface area contributed by atoms with E-state index in [9.17, 15) is 4.79 Å². The third kappa shape index (κ3) is 4.26. The van der Waals surface area contributed by atoms with E-state index >= 15 is 0 Å². The predicted molar refractivity (Wildman–Crippen MR) is 70.2 cm³/mol. The highest BCUT2D eigenvalue weighted by atomic mass is 35.5. The summed E-state index contributed by atoms with van der Waals surface area (Å²) in [7, 11) is 0. The summed E-state index contributed by atoms with van der Waals surface area (Å²) in [5.41, 5.74) is 0. The van der Waals surface area contributed by atoms with Gasteiger partial charge in [-0.05, 0) is 44.7 Å². The summed E-state index contributed by atoms with van der Waals surface area (Å²) >= 11 is 1.30. The van der Waals surface area contributed by atoms with Crippen LogP contribution in [0.1, 0.15) is 33.9 Å². The molecule has 1 saturated heterocycles. The number of aromatic nitrogens is 1. The molecule has 2 N–H and O–H groups in total. The van der Waals surface area contributed by atoms with Crippen LogP contribution in [-0.4, -0.2) is 29.1 Å². The standard InChI is InChI=1S/C11H16N2O2S.ClH/c14-11(15)9-7-13-10(16-9)2-1-8-3-5-12-6-4-8;/h7-8,12H,1-6H2,(H,14,15);1H. The van der Waals surface area contributed by atoms with Gasteiger partial charge in [-0.15, -0.1) is 23.7 Å². The van der Waals surface area contributed by atoms with Gasteiger partial charge < -0.3 is 10.4 Å². The number of carboxylic acid groups (broad SMARTS) is 1. The minimum absolute atomic E-state index is 0. The highest BCUT2D eigenvalue weighted by Gasteiger charge is 2.14. The van der Waals surface area contributed by atoms with Gasteiger partial charge in [0.1, 0.15) is 4.88 Å². The van der Waals surface area contributed by atoms with Gasteiger partial charge in [-0.2, -0.15) is 0 Å². The third-order valence-corrected chi connectivity index (χ3v) is 4.03. The van der Waals surface area contributed by atoms with Crippen molar-refractivity contribution in [3.8, 4) is 0 Å². The maximum absolute atomic E-state index is 10.7. The Morgan fingerprint density at radius 3 is 2.82 bits per heavy atom. The van der Waals surface area contributed by atoms with Crippen LogP contribution in [0.25, 0.3) is 0 Å². The van der Waals surface area contributed by atoms with E-state index in [2.05, 4.69) is 10.3 Å². The van der Waals surface area contributed by atoms with Crippen LogP contribution < -0.4 is 5.32 Å². The second-order valence-electron chi connectivity index (χ2n) is 4.16. The summed E-state index contributed by atoms with van der Waals surface area (Å²) in [6.07, 6.45) is 5.98. The molecule has 6 heteroatoms. The molecule has 17 heavy (non-hydrogen) atoms. The van der Waals surface area contributed by atoms with Crippen LogP contribution in [-0.2, 0) is 6.42 Å². The Balaban J connectivity index is 0.00000144. The molecule has 0 saturated carbocycles. The molecule has 1 fully saturated rings. The molecule has 0 aliphatic carbocycles. The first-order chi connectivity index (χ1) is 7.75. The maximum atomic E-state index is 10.7. The largest absolute Gasteiger partial charge is 0.477 e. The van der Waals surface area contributed by atoms with Crippen LogP contribution in [0.4, 0.5) is 0 Å². The summed E-state index contributed by atoms with van der Waals surface area (Å²) in [6.45, 7) is 2.23. The molecule has 1 aromatic heterocycles. The Labute approximate surface area is 111 Å². The van der Waals surface area contributed by atoms with E-state index in [-0.39, 0.29) is 12.4 Å². The monoisotopic (exact) mass is 276 g/mol. The van der Waals surface area contributed by atoms with Crippen molar-refractivity contribution < 1.29 is 9.90 Å². The summed E-state index contributed by atoms with van der Waals surface area (Å²) in [5, 5.41) is 13.1. The lowest BCUT2D eigenvalue weighted by molar-refractivity contribution is 0.0702. The molecule has 0 aromatic carbocycles. The number of halogens is 1. The Morgan fingerprint density at radius 2 is 2.24 bits per heavy atom. The molecule has 0 unspecified atom stereocenters. The lowest BCUT2D eigenvalue weighted by Crippen LogP contribution is -2.27. The third-order valence-electron chi connectivity index (χ3n) is 2.99. The minimum Gasteiger partial charge on any atom is -0.477 e. The van der Waals surface area contributed by atoms with E-state index < -0.39 is 5.97 Å². The molecular weight excluding hydrogens is 260 g/mol. The van der Waals surface area contributed by atoms with E-state index in [4.69, 9.17) is 5.11 Å². The first-order valence-electron chi connectivity index (χ1n) is 5.64. The highest BCUT2D eigenvalue weighted by Crippen LogP contribution is 2.21. The number of aromatic carboxylic acids is 1. The molecule has 4 nitrogen and oxygen atoms in total. The van der Waals surface area contributed by atoms with Crippen molar-refractivity contribution in [2.75, 3.05) is 13.1 Å². The number of thiazole rings is 1. The number of nitrogens with zero attached hydrogens (tertiary/aromatic N) is 1. The van der Waals surface area contributed by atoms with Crippen molar-refractivity contribution in [1.29, 1.82) is 0 Å². The summed E-state index contributed by atoms with van der Waals surface area (Å²) in [6, 6.07) is 0. The molecule has 0 spiro atoms. The average molecular weight is 277 g/mol. The number of hydrogen-bond acceptors (Lipinski definition) is 4. The van der Waals surface area contributed by atoms with Gasteiger partial charge in [0.2, 0.25) is 0 Å². The number of hydrogen-bond donors (Lipinski definition) is 2. The molecule has 0 atom stereocenters. The Kier molecular flexibility index (Phi) is 5.88. The van der Waals surface area contributed by atoms with E-state index in [1.54, 1.807) is 0 Å². The Bertz CT molecular complexity index is 364. The Hall–Kier alpha value is -0.650. The fraction of sp³-hybridized carbons (Fsp3) is 0.636. The maximum Gasteiger partial charge on any atom is 0.347 e. The van der Waals surface area contributed by atoms with Gasteiger partial charge in [0, 0.05) is 0 Å². The number of rotatable bonds is 4. The summed E-state index contributed by atoms with van der Waals surface area (Å²) < 4.78 is 0. The van der Waals surface area contributed by atoms with E-state index in [0.29, 0.717) is 4.88 Å². The van der Waals surface area contributed by atoms with Gasteiger partial charge in [0.25, 0.3) is 0 Å². The zero-order valence-corrected chi connectivity index (χ0v) is 11.1. The van der Waals surface area contributed by atoms with Crippen LogP contribution in [0.15, 0.2) is 6.20 Å². The van der Waals surface area contributed by atoms with Crippen molar-refractivity contribution in [1.82, 2.24) is 10.3 Å². The van der Waals surface area contributed by atoms with Gasteiger partial charge in [0.15, 0.2) is 0 Å². The molecule has 1 aliphatic rings. The van der Waals surface area contributed by atoms with Crippen molar-refractivity contribution in [2.24, 2.45) is 5.92 Å². The van der Waals surface area contributed by atoms with Gasteiger partial charge in [-0.1, -0.05) is 0 Å². The molecule has 0 amide bonds. The molecule has 1 aliphatic heterocycles. The fourth-order valence-electron chi connectivity index (χ4n) is 2.02. The second kappa shape index (κ2) is 6.93. The van der Waals surface area contributed by atoms with E-state index in [0.717, 1.165) is 36.9 Å². The number of aryl methyl sites for hydroxylation is 1. The van der Waals surface area contributed by atoms with Gasteiger partial charge in [-0.3, -0.25) is 0 Å². The summed E-state index contributed by atoms with van der Waals surface area (Å²) in [5.74, 6) is -0.0935. The first kappa shape index (κ1) is 14.4. The molecule has 96 valence electrons. The first-order valence-corrected chi connectivity index (χ1v) is 6.46. The second-order valence-corrected chi connectivity index (χ2v) is 5.27. The molecular formula is C11H17ClN2O2S. The van der Waals surface area contributed by atoms with Crippen LogP contribution in [0.5, 0.6) is 0 Å². The molecule has 0 radical (unpaired) electrons. The molecule has 0 bridgehead atoms. The number of carbonyl (C=O) groups is 1. The van der Waals surface area contributed by atoms with Gasteiger partial charge in [-0.25, -0.2) is 9.78 Å². The summed E-state index contributed by atoms with van der Waals surface area (Å²) in [4.78, 5) is 15.2. The fourth-order valence-corrected chi connectivity index (χ4v) is 2.79. The average Bonchev–Trinajstić information content (AvgIpc) is 2.76. The Morgan fingerprint density at radius 1 is 1.53 bits per heavy atom. The van der Waals surface area contributed by atoms with Crippen molar-refractivity contribution in [2.45, 2.75) is 25.7 Å². The highest BCUT2D eigenvalue weighted by molar-refractivity contribution is 7.13. The van der Waals surface area contributed by atoms with Crippen LogP contribution in [0.3, 0.4) is 0 Å².